The molecule has 1 saturated heterocycles. The van der Waals surface area contributed by atoms with Crippen LogP contribution in [0.3, 0.4) is 0 Å². The molecule has 0 radical (unpaired) electrons. The highest BCUT2D eigenvalue weighted by molar-refractivity contribution is 5.97. The molecule has 2 amide bonds. The van der Waals surface area contributed by atoms with Gasteiger partial charge in [0.15, 0.2) is 0 Å². The molecule has 3 unspecified atom stereocenters. The smallest absolute Gasteiger partial charge is 0.262 e. The van der Waals surface area contributed by atoms with Crippen molar-refractivity contribution in [1.82, 2.24) is 25.7 Å². The summed E-state index contributed by atoms with van der Waals surface area (Å²) in [6, 6.07) is 0. The third-order valence-corrected chi connectivity index (χ3v) is 9.24. The Kier molecular flexibility index (Phi) is 7.64. The van der Waals surface area contributed by atoms with Crippen molar-refractivity contribution in [3.63, 3.8) is 0 Å². The van der Waals surface area contributed by atoms with E-state index < -0.39 is 5.41 Å². The normalized spacial score (nSPS) is 26.9. The van der Waals surface area contributed by atoms with Gasteiger partial charge in [0.05, 0.1) is 12.8 Å². The zero-order valence-electron chi connectivity index (χ0n) is 24.0. The number of hydrogen-bond donors (Lipinski definition) is 3. The van der Waals surface area contributed by atoms with Crippen LogP contribution in [0.5, 0.6) is 5.88 Å². The van der Waals surface area contributed by atoms with Crippen LogP contribution in [0.2, 0.25) is 0 Å². The summed E-state index contributed by atoms with van der Waals surface area (Å²) in [6.07, 6.45) is 9.21. The fraction of sp³-hybridized carbons (Fsp3) is 0.767. The molecule has 8 heteroatoms. The quantitative estimate of drug-likeness (QED) is 0.401. The molecule has 3 atom stereocenters. The van der Waals surface area contributed by atoms with Gasteiger partial charge in [-0.3, -0.25) is 9.59 Å². The van der Waals surface area contributed by atoms with Gasteiger partial charge < -0.3 is 20.7 Å². The van der Waals surface area contributed by atoms with E-state index in [-0.39, 0.29) is 11.8 Å². The standard InChI is InChI=1S/C30H47N5O3/c1-19(2)18-38-27-23(26(36)34-25-22-12-20(3)13-30(14-22)15-24(25)30)17-33-35(27)11-8-29(4,5)28(37)32-16-21-6-9-31-10-7-21/h17,19-22,31H,6-16,18H2,1-5H3,(H,32,37)(H,34,36). The van der Waals surface area contributed by atoms with Gasteiger partial charge in [-0.05, 0) is 86.8 Å². The van der Waals surface area contributed by atoms with Crippen LogP contribution in [-0.2, 0) is 11.3 Å². The minimum atomic E-state index is -0.554. The molecule has 1 spiro atoms. The lowest BCUT2D eigenvalue weighted by Gasteiger charge is -2.30. The van der Waals surface area contributed by atoms with Gasteiger partial charge >= 0.3 is 0 Å². The van der Waals surface area contributed by atoms with Crippen molar-refractivity contribution in [2.24, 2.45) is 34.5 Å². The number of ether oxygens (including phenoxy) is 1. The molecule has 5 rings (SSSR count). The van der Waals surface area contributed by atoms with E-state index >= 15 is 0 Å². The first kappa shape index (κ1) is 27.2. The Labute approximate surface area is 227 Å². The van der Waals surface area contributed by atoms with Crippen molar-refractivity contribution in [1.29, 1.82) is 0 Å². The van der Waals surface area contributed by atoms with Crippen molar-refractivity contribution in [3.8, 4) is 5.88 Å². The molecule has 38 heavy (non-hydrogen) atoms. The topological polar surface area (TPSA) is 97.3 Å². The Hall–Kier alpha value is -2.35. The number of nitrogens with one attached hydrogen (secondary N) is 3. The van der Waals surface area contributed by atoms with Gasteiger partial charge in [0.2, 0.25) is 11.8 Å². The molecule has 2 saturated carbocycles. The van der Waals surface area contributed by atoms with Gasteiger partial charge in [-0.25, -0.2) is 4.68 Å². The second kappa shape index (κ2) is 10.7. The molecule has 1 aliphatic heterocycles. The summed E-state index contributed by atoms with van der Waals surface area (Å²) < 4.78 is 7.93. The third-order valence-electron chi connectivity index (χ3n) is 9.24. The van der Waals surface area contributed by atoms with Crippen LogP contribution in [0.1, 0.15) is 89.9 Å². The molecule has 2 heterocycles. The van der Waals surface area contributed by atoms with E-state index in [2.05, 4.69) is 41.8 Å². The fourth-order valence-corrected chi connectivity index (χ4v) is 6.92. The number of carbonyl (C=O) groups is 2. The van der Waals surface area contributed by atoms with Gasteiger partial charge in [-0.1, -0.05) is 34.6 Å². The Balaban J connectivity index is 1.24. The lowest BCUT2D eigenvalue weighted by atomic mass is 9.76. The number of carbonyl (C=O) groups excluding carboxylic acids is 2. The number of nitrogens with zero attached hydrogens (tertiary/aromatic N) is 2. The Morgan fingerprint density at radius 2 is 2.03 bits per heavy atom. The van der Waals surface area contributed by atoms with Crippen molar-refractivity contribution in [2.45, 2.75) is 86.1 Å². The third kappa shape index (κ3) is 5.65. The van der Waals surface area contributed by atoms with Crippen LogP contribution in [0, 0.1) is 34.5 Å². The second-order valence-electron chi connectivity index (χ2n) is 13.6. The molecule has 1 aromatic heterocycles. The van der Waals surface area contributed by atoms with Gasteiger partial charge in [-0.15, -0.1) is 0 Å². The van der Waals surface area contributed by atoms with Crippen molar-refractivity contribution in [3.05, 3.63) is 23.0 Å². The summed E-state index contributed by atoms with van der Waals surface area (Å²) >= 11 is 0. The number of piperidine rings is 1. The van der Waals surface area contributed by atoms with E-state index in [1.54, 1.807) is 10.9 Å². The molecule has 4 aliphatic rings. The van der Waals surface area contributed by atoms with Gasteiger partial charge in [0.1, 0.15) is 5.56 Å². The summed E-state index contributed by atoms with van der Waals surface area (Å²) in [5.41, 5.74) is 2.96. The molecule has 3 fully saturated rings. The second-order valence-corrected chi connectivity index (χ2v) is 13.6. The number of rotatable bonds is 11. The summed E-state index contributed by atoms with van der Waals surface area (Å²) in [5, 5.41) is 14.4. The highest BCUT2D eigenvalue weighted by Crippen LogP contribution is 2.70. The average Bonchev–Trinajstić information content (AvgIpc) is 3.28. The molecule has 210 valence electrons. The van der Waals surface area contributed by atoms with Crippen molar-refractivity contribution < 1.29 is 14.3 Å². The Morgan fingerprint density at radius 1 is 1.26 bits per heavy atom. The minimum Gasteiger partial charge on any atom is -0.477 e. The first-order valence-electron chi connectivity index (χ1n) is 14.8. The monoisotopic (exact) mass is 525 g/mol. The van der Waals surface area contributed by atoms with E-state index in [1.165, 1.54) is 24.1 Å². The van der Waals surface area contributed by atoms with E-state index in [4.69, 9.17) is 4.74 Å². The van der Waals surface area contributed by atoms with Crippen LogP contribution in [0.4, 0.5) is 0 Å². The fourth-order valence-electron chi connectivity index (χ4n) is 6.92. The number of amides is 2. The molecular weight excluding hydrogens is 478 g/mol. The van der Waals surface area contributed by atoms with Gasteiger partial charge in [0.25, 0.3) is 5.91 Å². The number of aryl methyl sites for hydroxylation is 1. The number of allylic oxidation sites excluding steroid dienone is 2. The van der Waals surface area contributed by atoms with Crippen LogP contribution < -0.4 is 20.7 Å². The molecule has 3 aliphatic carbocycles. The lowest BCUT2D eigenvalue weighted by Crippen LogP contribution is -2.42. The maximum atomic E-state index is 13.5. The van der Waals surface area contributed by atoms with Gasteiger partial charge in [0, 0.05) is 30.1 Å². The zero-order valence-corrected chi connectivity index (χ0v) is 24.0. The maximum absolute atomic E-state index is 13.5. The summed E-state index contributed by atoms with van der Waals surface area (Å²) in [6.45, 7) is 14.3. The highest BCUT2D eigenvalue weighted by Gasteiger charge is 2.60. The van der Waals surface area contributed by atoms with Crippen LogP contribution >= 0.6 is 0 Å². The summed E-state index contributed by atoms with van der Waals surface area (Å²) in [7, 11) is 0. The Bertz CT molecular complexity index is 1080. The van der Waals surface area contributed by atoms with Crippen molar-refractivity contribution >= 4 is 11.8 Å². The predicted octanol–water partition coefficient (Wildman–Crippen LogP) is 4.27. The Morgan fingerprint density at radius 3 is 2.76 bits per heavy atom. The lowest BCUT2D eigenvalue weighted by molar-refractivity contribution is -0.130. The van der Waals surface area contributed by atoms with Crippen LogP contribution in [0.15, 0.2) is 17.5 Å². The zero-order chi connectivity index (χ0) is 27.1. The van der Waals surface area contributed by atoms with Crippen LogP contribution in [-0.4, -0.2) is 47.8 Å². The molecule has 1 aromatic rings. The molecule has 0 aromatic carbocycles. The first-order chi connectivity index (χ1) is 18.1. The highest BCUT2D eigenvalue weighted by atomic mass is 16.5. The van der Waals surface area contributed by atoms with E-state index in [0.29, 0.717) is 60.1 Å². The summed E-state index contributed by atoms with van der Waals surface area (Å²) in [5.74, 6) is 2.51. The minimum absolute atomic E-state index is 0.0687. The average molecular weight is 526 g/mol. The molecule has 2 bridgehead atoms. The van der Waals surface area contributed by atoms with Gasteiger partial charge in [-0.2, -0.15) is 5.10 Å². The molecule has 3 N–H and O–H groups in total. The SMILES string of the molecule is CC(C)COc1c(C(=O)NC2=C3CC34CC(C)CC2C4)cnn1CCC(C)(C)C(=O)NCC1CCNCC1. The van der Waals surface area contributed by atoms with Crippen molar-refractivity contribution in [2.75, 3.05) is 26.2 Å². The first-order valence-corrected chi connectivity index (χ1v) is 14.8. The summed E-state index contributed by atoms with van der Waals surface area (Å²) in [4.78, 5) is 26.5. The molecular formula is C30H47N5O3. The largest absolute Gasteiger partial charge is 0.477 e. The molecule has 8 nitrogen and oxygen atoms in total. The number of aromatic nitrogens is 2. The van der Waals surface area contributed by atoms with E-state index in [9.17, 15) is 9.59 Å². The predicted molar refractivity (Wildman–Crippen MR) is 148 cm³/mol. The van der Waals surface area contributed by atoms with E-state index in [1.807, 2.05) is 13.8 Å². The van der Waals surface area contributed by atoms with Crippen LogP contribution in [0.25, 0.3) is 0 Å². The number of hydrogen-bond acceptors (Lipinski definition) is 5. The maximum Gasteiger partial charge on any atom is 0.262 e. The van der Waals surface area contributed by atoms with E-state index in [0.717, 1.165) is 45.3 Å². The number of fused-ring (bicyclic) bond motifs is 1.